The first-order chi connectivity index (χ1) is 8.88. The molecule has 0 radical (unpaired) electrons. The second kappa shape index (κ2) is 4.87. The lowest BCUT2D eigenvalue weighted by molar-refractivity contribution is 0.0690. The van der Waals surface area contributed by atoms with E-state index in [0.717, 1.165) is 6.42 Å². The van der Waals surface area contributed by atoms with Gasteiger partial charge in [0, 0.05) is 12.6 Å². The van der Waals surface area contributed by atoms with Crippen LogP contribution in [0.15, 0.2) is 6.20 Å². The highest BCUT2D eigenvalue weighted by molar-refractivity contribution is 5.84. The molecule has 8 nitrogen and oxygen atoms in total. The van der Waals surface area contributed by atoms with Crippen molar-refractivity contribution in [1.29, 1.82) is 0 Å². The first-order valence-corrected chi connectivity index (χ1v) is 6.06. The van der Waals surface area contributed by atoms with Crippen LogP contribution in [0.25, 0.3) is 0 Å². The standard InChI is InChI=1S/C11H17N5O3/c1-11(2)5-8(11)13-10(19)12-3-4-16-6-7(9(17)18)14-15-16/h6,8H,3-5H2,1-2H3,(H,17,18)(H2,12,13,19). The molecule has 104 valence electrons. The molecule has 0 bridgehead atoms. The summed E-state index contributed by atoms with van der Waals surface area (Å²) in [5.41, 5.74) is 0.0868. The van der Waals surface area contributed by atoms with Gasteiger partial charge in [0.1, 0.15) is 0 Å². The molecule has 2 rings (SSSR count). The lowest BCUT2D eigenvalue weighted by Crippen LogP contribution is -2.39. The number of hydrogen-bond acceptors (Lipinski definition) is 4. The van der Waals surface area contributed by atoms with Crippen molar-refractivity contribution in [1.82, 2.24) is 25.6 Å². The Morgan fingerprint density at radius 3 is 2.79 bits per heavy atom. The van der Waals surface area contributed by atoms with E-state index in [4.69, 9.17) is 5.11 Å². The van der Waals surface area contributed by atoms with Crippen LogP contribution in [-0.4, -0.2) is 44.7 Å². The molecule has 1 aromatic rings. The predicted octanol–water partition coefficient (Wildman–Crippen LogP) is 0.0740. The van der Waals surface area contributed by atoms with Crippen LogP contribution in [0.1, 0.15) is 30.8 Å². The Labute approximate surface area is 110 Å². The number of aromatic carboxylic acids is 1. The normalized spacial score (nSPS) is 19.8. The van der Waals surface area contributed by atoms with Crippen LogP contribution in [0, 0.1) is 5.41 Å². The van der Waals surface area contributed by atoms with E-state index in [9.17, 15) is 9.59 Å². The van der Waals surface area contributed by atoms with Gasteiger partial charge < -0.3 is 15.7 Å². The van der Waals surface area contributed by atoms with Gasteiger partial charge in [-0.15, -0.1) is 5.10 Å². The van der Waals surface area contributed by atoms with E-state index in [1.807, 2.05) is 0 Å². The summed E-state index contributed by atoms with van der Waals surface area (Å²) in [6.07, 6.45) is 2.32. The number of rotatable bonds is 5. The summed E-state index contributed by atoms with van der Waals surface area (Å²) < 4.78 is 1.38. The summed E-state index contributed by atoms with van der Waals surface area (Å²) >= 11 is 0. The van der Waals surface area contributed by atoms with Crippen molar-refractivity contribution in [2.24, 2.45) is 5.41 Å². The number of urea groups is 1. The third-order valence-corrected chi connectivity index (χ3v) is 3.20. The molecule has 8 heteroatoms. The van der Waals surface area contributed by atoms with Crippen LogP contribution in [0.5, 0.6) is 0 Å². The minimum Gasteiger partial charge on any atom is -0.476 e. The number of hydrogen-bond donors (Lipinski definition) is 3. The van der Waals surface area contributed by atoms with Gasteiger partial charge in [0.15, 0.2) is 5.69 Å². The molecule has 0 aliphatic heterocycles. The zero-order valence-corrected chi connectivity index (χ0v) is 10.9. The average Bonchev–Trinajstić information content (AvgIpc) is 2.76. The molecule has 1 atom stereocenters. The number of amides is 2. The Bertz CT molecular complexity index is 496. The Balaban J connectivity index is 1.68. The van der Waals surface area contributed by atoms with E-state index in [-0.39, 0.29) is 23.2 Å². The number of carboxylic acids is 1. The minimum atomic E-state index is -1.12. The maximum absolute atomic E-state index is 11.5. The van der Waals surface area contributed by atoms with E-state index in [0.29, 0.717) is 13.1 Å². The number of carbonyl (C=O) groups is 2. The fourth-order valence-electron chi connectivity index (χ4n) is 1.71. The SMILES string of the molecule is CC1(C)CC1NC(=O)NCCn1cc(C(=O)O)nn1. The molecule has 0 aromatic carbocycles. The summed E-state index contributed by atoms with van der Waals surface area (Å²) in [6, 6.07) is 0.0200. The highest BCUT2D eigenvalue weighted by Gasteiger charge is 2.46. The van der Waals surface area contributed by atoms with Gasteiger partial charge in [0.05, 0.1) is 12.7 Å². The van der Waals surface area contributed by atoms with Crippen LogP contribution in [0.4, 0.5) is 4.79 Å². The maximum atomic E-state index is 11.5. The molecule has 1 fully saturated rings. The van der Waals surface area contributed by atoms with E-state index >= 15 is 0 Å². The van der Waals surface area contributed by atoms with Crippen molar-refractivity contribution in [3.8, 4) is 0 Å². The van der Waals surface area contributed by atoms with Crippen LogP contribution >= 0.6 is 0 Å². The van der Waals surface area contributed by atoms with Crippen molar-refractivity contribution >= 4 is 12.0 Å². The minimum absolute atomic E-state index is 0.107. The summed E-state index contributed by atoms with van der Waals surface area (Å²) in [6.45, 7) is 4.94. The van der Waals surface area contributed by atoms with E-state index in [2.05, 4.69) is 34.8 Å². The highest BCUT2D eigenvalue weighted by Crippen LogP contribution is 2.44. The van der Waals surface area contributed by atoms with Crippen LogP contribution < -0.4 is 10.6 Å². The Morgan fingerprint density at radius 2 is 2.26 bits per heavy atom. The highest BCUT2D eigenvalue weighted by atomic mass is 16.4. The zero-order chi connectivity index (χ0) is 14.0. The fraction of sp³-hybridized carbons (Fsp3) is 0.636. The molecule has 1 unspecified atom stereocenters. The van der Waals surface area contributed by atoms with E-state index in [1.165, 1.54) is 10.9 Å². The second-order valence-electron chi connectivity index (χ2n) is 5.32. The molecule has 19 heavy (non-hydrogen) atoms. The first-order valence-electron chi connectivity index (χ1n) is 6.06. The topological polar surface area (TPSA) is 109 Å². The molecule has 1 aliphatic rings. The van der Waals surface area contributed by atoms with Gasteiger partial charge in [-0.2, -0.15) is 0 Å². The van der Waals surface area contributed by atoms with Gasteiger partial charge in [0.2, 0.25) is 0 Å². The molecule has 1 heterocycles. The first kappa shape index (κ1) is 13.3. The Hall–Kier alpha value is -2.12. The number of nitrogens with one attached hydrogen (secondary N) is 2. The molecule has 2 amide bonds. The third-order valence-electron chi connectivity index (χ3n) is 3.20. The summed E-state index contributed by atoms with van der Waals surface area (Å²) in [7, 11) is 0. The monoisotopic (exact) mass is 267 g/mol. The molecule has 1 saturated carbocycles. The van der Waals surface area contributed by atoms with Crippen molar-refractivity contribution in [2.45, 2.75) is 32.9 Å². The number of nitrogens with zero attached hydrogens (tertiary/aromatic N) is 3. The third kappa shape index (κ3) is 3.43. The van der Waals surface area contributed by atoms with Crippen molar-refractivity contribution < 1.29 is 14.7 Å². The summed E-state index contributed by atoms with van der Waals surface area (Å²) in [5.74, 6) is -1.12. The van der Waals surface area contributed by atoms with Crippen LogP contribution in [-0.2, 0) is 6.54 Å². The quantitative estimate of drug-likeness (QED) is 0.699. The summed E-state index contributed by atoms with van der Waals surface area (Å²) in [5, 5.41) is 21.3. The van der Waals surface area contributed by atoms with Crippen LogP contribution in [0.3, 0.4) is 0 Å². The molecule has 1 aliphatic carbocycles. The average molecular weight is 267 g/mol. The largest absolute Gasteiger partial charge is 0.476 e. The van der Waals surface area contributed by atoms with Crippen LogP contribution in [0.2, 0.25) is 0 Å². The number of carbonyl (C=O) groups excluding carboxylic acids is 1. The number of aromatic nitrogens is 3. The second-order valence-corrected chi connectivity index (χ2v) is 5.32. The van der Waals surface area contributed by atoms with Gasteiger partial charge in [0.25, 0.3) is 0 Å². The molecule has 1 aromatic heterocycles. The zero-order valence-electron chi connectivity index (χ0n) is 10.9. The van der Waals surface area contributed by atoms with Gasteiger partial charge in [-0.3, -0.25) is 0 Å². The number of carboxylic acid groups (broad SMARTS) is 1. The van der Waals surface area contributed by atoms with Gasteiger partial charge >= 0.3 is 12.0 Å². The van der Waals surface area contributed by atoms with E-state index < -0.39 is 5.97 Å². The van der Waals surface area contributed by atoms with E-state index in [1.54, 1.807) is 0 Å². The summed E-state index contributed by atoms with van der Waals surface area (Å²) in [4.78, 5) is 22.1. The molecular formula is C11H17N5O3. The Morgan fingerprint density at radius 1 is 1.58 bits per heavy atom. The fourth-order valence-corrected chi connectivity index (χ4v) is 1.71. The van der Waals surface area contributed by atoms with Crippen molar-refractivity contribution in [3.63, 3.8) is 0 Å². The Kier molecular flexibility index (Phi) is 3.41. The maximum Gasteiger partial charge on any atom is 0.358 e. The van der Waals surface area contributed by atoms with Gasteiger partial charge in [-0.05, 0) is 11.8 Å². The molecule has 0 saturated heterocycles. The molecule has 3 N–H and O–H groups in total. The van der Waals surface area contributed by atoms with Crippen molar-refractivity contribution in [2.75, 3.05) is 6.54 Å². The predicted molar refractivity (Wildman–Crippen MR) is 65.7 cm³/mol. The van der Waals surface area contributed by atoms with Gasteiger partial charge in [-0.1, -0.05) is 19.1 Å². The smallest absolute Gasteiger partial charge is 0.358 e. The molecule has 0 spiro atoms. The van der Waals surface area contributed by atoms with Gasteiger partial charge in [-0.25, -0.2) is 14.3 Å². The molecular weight excluding hydrogens is 250 g/mol. The lowest BCUT2D eigenvalue weighted by Gasteiger charge is -2.08. The van der Waals surface area contributed by atoms with Crippen molar-refractivity contribution in [3.05, 3.63) is 11.9 Å². The lowest BCUT2D eigenvalue weighted by atomic mass is 10.2.